The summed E-state index contributed by atoms with van der Waals surface area (Å²) in [4.78, 5) is 23.0. The Bertz CT molecular complexity index is 2230. The number of nitrogens with one attached hydrogen (secondary N) is 1. The number of furan rings is 1. The van der Waals surface area contributed by atoms with Crippen LogP contribution in [0.15, 0.2) is 77.4 Å². The van der Waals surface area contributed by atoms with Gasteiger partial charge in [0, 0.05) is 67.0 Å². The molecule has 7 rings (SSSR count). The fourth-order valence-corrected chi connectivity index (χ4v) is 6.14. The molecule has 1 N–H and O–H groups in total. The molecule has 5 aromatic heterocycles. The van der Waals surface area contributed by atoms with Gasteiger partial charge in [-0.3, -0.25) is 9.10 Å². The highest BCUT2D eigenvalue weighted by Crippen LogP contribution is 2.41. The molecule has 44 heavy (non-hydrogen) atoms. The maximum absolute atomic E-state index is 13.9. The number of hydrogen-bond donors (Lipinski definition) is 1. The fraction of sp³-hybridized carbons (Fsp3) is 0.182. The lowest BCUT2D eigenvalue weighted by Gasteiger charge is -2.19. The van der Waals surface area contributed by atoms with Crippen LogP contribution in [0, 0.1) is 0 Å². The molecule has 2 atom stereocenters. The summed E-state index contributed by atoms with van der Waals surface area (Å²) in [6, 6.07) is 15.3. The lowest BCUT2D eigenvalue weighted by Crippen LogP contribution is -2.20. The lowest BCUT2D eigenvalue weighted by atomic mass is 9.98. The summed E-state index contributed by atoms with van der Waals surface area (Å²) in [5, 5.41) is 4.21. The molecular formula is C33H28FN5O4S. The molecular weight excluding hydrogens is 581 g/mol. The second kappa shape index (κ2) is 10.6. The van der Waals surface area contributed by atoms with Gasteiger partial charge < -0.3 is 18.9 Å². The maximum Gasteiger partial charge on any atom is 0.255 e. The van der Waals surface area contributed by atoms with Crippen LogP contribution < -0.4 is 14.4 Å². The van der Waals surface area contributed by atoms with Gasteiger partial charge in [-0.2, -0.15) is 0 Å². The third-order valence-electron chi connectivity index (χ3n) is 8.02. The average Bonchev–Trinajstić information content (AvgIpc) is 3.61. The summed E-state index contributed by atoms with van der Waals surface area (Å²) in [6.07, 6.45) is 7.51. The van der Waals surface area contributed by atoms with Crippen molar-refractivity contribution >= 4 is 66.6 Å². The minimum absolute atomic E-state index is 0.191. The number of alkyl halides is 1. The molecule has 0 aliphatic heterocycles. The van der Waals surface area contributed by atoms with Crippen molar-refractivity contribution in [3.8, 4) is 17.1 Å². The average molecular weight is 610 g/mol. The number of allylic oxidation sites excluding steroid dienone is 4. The molecule has 5 heterocycles. The lowest BCUT2D eigenvalue weighted by molar-refractivity contribution is 0.0963. The van der Waals surface area contributed by atoms with Gasteiger partial charge in [-0.25, -0.2) is 18.6 Å². The van der Waals surface area contributed by atoms with Crippen LogP contribution in [0.4, 0.5) is 10.1 Å². The molecule has 1 amide bonds. The van der Waals surface area contributed by atoms with Crippen LogP contribution in [-0.4, -0.2) is 58.1 Å². The zero-order valence-corrected chi connectivity index (χ0v) is 25.2. The van der Waals surface area contributed by atoms with E-state index in [0.717, 1.165) is 27.5 Å². The van der Waals surface area contributed by atoms with E-state index in [1.807, 2.05) is 53.1 Å². The van der Waals surface area contributed by atoms with Crippen molar-refractivity contribution in [2.75, 3.05) is 31.8 Å². The first-order valence-corrected chi connectivity index (χ1v) is 15.5. The molecule has 9 nitrogen and oxygen atoms in total. The van der Waals surface area contributed by atoms with E-state index in [1.165, 1.54) is 6.08 Å². The van der Waals surface area contributed by atoms with Gasteiger partial charge in [0.05, 0.1) is 46.1 Å². The number of nitrogens with zero attached hydrogens (tertiary/aromatic N) is 4. The first-order chi connectivity index (χ1) is 21.3. The van der Waals surface area contributed by atoms with Crippen molar-refractivity contribution < 1.29 is 22.5 Å². The molecule has 2 unspecified atom stereocenters. The van der Waals surface area contributed by atoms with Crippen molar-refractivity contribution in [1.29, 1.82) is 0 Å². The monoisotopic (exact) mass is 609 g/mol. The highest BCUT2D eigenvalue weighted by atomic mass is 32.2. The molecule has 0 bridgehead atoms. The van der Waals surface area contributed by atoms with Gasteiger partial charge in [0.2, 0.25) is 5.88 Å². The van der Waals surface area contributed by atoms with Crippen molar-refractivity contribution in [1.82, 2.24) is 19.7 Å². The summed E-state index contributed by atoms with van der Waals surface area (Å²) in [6.45, 7) is 0. The van der Waals surface area contributed by atoms with Gasteiger partial charge in [-0.05, 0) is 36.4 Å². The number of aromatic nitrogens is 3. The van der Waals surface area contributed by atoms with E-state index in [0.29, 0.717) is 50.7 Å². The highest BCUT2D eigenvalue weighted by Gasteiger charge is 2.26. The van der Waals surface area contributed by atoms with Crippen molar-refractivity contribution in [2.45, 2.75) is 12.6 Å². The number of fused-ring (bicyclic) bond motifs is 6. The van der Waals surface area contributed by atoms with Gasteiger partial charge in [0.1, 0.15) is 28.5 Å². The van der Waals surface area contributed by atoms with Crippen LogP contribution >= 0.6 is 0 Å². The first-order valence-electron chi connectivity index (χ1n) is 14.0. The van der Waals surface area contributed by atoms with Gasteiger partial charge >= 0.3 is 0 Å². The maximum atomic E-state index is 13.9. The summed E-state index contributed by atoms with van der Waals surface area (Å²) >= 11 is 0. The molecule has 0 saturated carbocycles. The fourth-order valence-electron chi connectivity index (χ4n) is 5.71. The molecule has 11 heteroatoms. The SMILES string of the molecule is CNC(=O)c1c(C2=CCC(F)C=C2)oc2cc(N(C)S(C)=O)c(-c3ccc4ccn5c6ccc(OC)nc6cc5c4n3)cc12. The van der Waals surface area contributed by atoms with E-state index >= 15 is 0 Å². The van der Waals surface area contributed by atoms with Crippen molar-refractivity contribution in [3.63, 3.8) is 0 Å². The Morgan fingerprint density at radius 2 is 2.00 bits per heavy atom. The Morgan fingerprint density at radius 3 is 2.73 bits per heavy atom. The van der Waals surface area contributed by atoms with Gasteiger partial charge in [-0.1, -0.05) is 18.2 Å². The number of anilines is 1. The number of carbonyl (C=O) groups excluding carboxylic acids is 1. The third kappa shape index (κ3) is 4.43. The number of rotatable bonds is 6. The smallest absolute Gasteiger partial charge is 0.255 e. The van der Waals surface area contributed by atoms with Crippen LogP contribution in [0.25, 0.3) is 55.3 Å². The molecule has 0 fully saturated rings. The first kappa shape index (κ1) is 27.8. The number of halogens is 1. The van der Waals surface area contributed by atoms with Crippen LogP contribution in [0.1, 0.15) is 22.5 Å². The van der Waals surface area contributed by atoms with E-state index in [-0.39, 0.29) is 12.3 Å². The number of methoxy groups -OCH3 is 1. The Balaban J connectivity index is 1.49. The predicted molar refractivity (Wildman–Crippen MR) is 172 cm³/mol. The van der Waals surface area contributed by atoms with Gasteiger partial charge in [0.25, 0.3) is 5.91 Å². The number of ether oxygens (including phenoxy) is 1. The Kier molecular flexibility index (Phi) is 6.69. The predicted octanol–water partition coefficient (Wildman–Crippen LogP) is 6.23. The number of amides is 1. The molecule has 1 aromatic carbocycles. The third-order valence-corrected chi connectivity index (χ3v) is 8.99. The molecule has 1 aliphatic carbocycles. The van der Waals surface area contributed by atoms with E-state index in [1.54, 1.807) is 50.0 Å². The molecule has 222 valence electrons. The summed E-state index contributed by atoms with van der Waals surface area (Å²) in [5.41, 5.74) is 6.63. The minimum Gasteiger partial charge on any atom is -0.481 e. The number of pyridine rings is 3. The van der Waals surface area contributed by atoms with E-state index < -0.39 is 17.2 Å². The zero-order chi connectivity index (χ0) is 30.7. The Morgan fingerprint density at radius 1 is 1.16 bits per heavy atom. The minimum atomic E-state index is -1.37. The summed E-state index contributed by atoms with van der Waals surface area (Å²) in [7, 11) is 3.50. The molecule has 0 saturated heterocycles. The van der Waals surface area contributed by atoms with Crippen LogP contribution in [0.3, 0.4) is 0 Å². The molecule has 0 radical (unpaired) electrons. The number of benzene rings is 1. The number of carbonyl (C=O) groups is 1. The van der Waals surface area contributed by atoms with Crippen LogP contribution in [0.2, 0.25) is 0 Å². The van der Waals surface area contributed by atoms with E-state index in [4.69, 9.17) is 14.1 Å². The normalized spacial score (nSPS) is 15.7. The quantitative estimate of drug-likeness (QED) is 0.240. The van der Waals surface area contributed by atoms with Gasteiger partial charge in [-0.15, -0.1) is 0 Å². The highest BCUT2D eigenvalue weighted by molar-refractivity contribution is 7.85. The Hall–Kier alpha value is -5.03. The zero-order valence-electron chi connectivity index (χ0n) is 24.4. The topological polar surface area (TPSA) is 102 Å². The van der Waals surface area contributed by atoms with Crippen LogP contribution in [-0.2, 0) is 11.0 Å². The number of hydrogen-bond acceptors (Lipinski definition) is 6. The summed E-state index contributed by atoms with van der Waals surface area (Å²) in [5.74, 6) is 0.537. The second-order valence-electron chi connectivity index (χ2n) is 10.5. The molecule has 0 spiro atoms. The second-order valence-corrected chi connectivity index (χ2v) is 11.9. The van der Waals surface area contributed by atoms with E-state index in [9.17, 15) is 13.4 Å². The van der Waals surface area contributed by atoms with E-state index in [2.05, 4.69) is 10.3 Å². The van der Waals surface area contributed by atoms with Gasteiger partial charge in [0.15, 0.2) is 0 Å². The van der Waals surface area contributed by atoms with Crippen molar-refractivity contribution in [3.05, 3.63) is 84.3 Å². The molecule has 1 aliphatic rings. The Labute approximate surface area is 254 Å². The van der Waals surface area contributed by atoms with Crippen molar-refractivity contribution in [2.24, 2.45) is 0 Å². The van der Waals surface area contributed by atoms with Crippen LogP contribution in [0.5, 0.6) is 5.88 Å². The molecule has 6 aromatic rings. The largest absolute Gasteiger partial charge is 0.481 e. The standard InChI is InChI=1S/C33H28FN5O4S/c1-35-33(40)30-22-15-21(26(38(2)44(4)41)17-28(22)43-32(30)19-5-8-20(34)9-6-19)23-10-7-18-13-14-39-25-11-12-29(42-3)36-24(25)16-27(39)31(18)37-23/h5-8,10-17,20H,9H2,1-4H3,(H,35,40). The summed E-state index contributed by atoms with van der Waals surface area (Å²) < 4.78 is 41.9.